The number of rotatable bonds is 1. The van der Waals surface area contributed by atoms with Crippen molar-refractivity contribution in [1.82, 2.24) is 0 Å². The van der Waals surface area contributed by atoms with Crippen LogP contribution in [-0.2, 0) is 3.42 Å². The molecule has 1 N–H and O–H groups in total. The highest BCUT2D eigenvalue weighted by atomic mass is 79.9. The molecule has 0 amide bonds. The molecule has 1 aromatic rings. The smallest absolute Gasteiger partial charge is 0.201 e. The summed E-state index contributed by atoms with van der Waals surface area (Å²) in [6.07, 6.45) is 0. The van der Waals surface area contributed by atoms with Gasteiger partial charge in [0.2, 0.25) is 3.42 Å². The molecule has 0 aliphatic carbocycles. The predicted octanol–water partition coefficient (Wildman–Crippen LogP) is 2.58. The Balaban J connectivity index is 2.97. The first-order chi connectivity index (χ1) is 4.61. The lowest BCUT2D eigenvalue weighted by atomic mass is 10.2. The van der Waals surface area contributed by atoms with Crippen molar-refractivity contribution < 1.29 is 5.11 Å². The molecule has 0 heterocycles. The topological polar surface area (TPSA) is 20.2 Å². The molecule has 10 heavy (non-hydrogen) atoms. The molecule has 3 heteroatoms. The van der Waals surface area contributed by atoms with E-state index < -0.39 is 3.42 Å². The summed E-state index contributed by atoms with van der Waals surface area (Å²) >= 11 is 6.12. The van der Waals surface area contributed by atoms with E-state index in [4.69, 9.17) is 0 Å². The first kappa shape index (κ1) is 8.24. The zero-order chi connectivity index (χ0) is 7.61. The molecule has 0 aliphatic rings. The van der Waals surface area contributed by atoms with Crippen LogP contribution in [0, 0.1) is 0 Å². The van der Waals surface area contributed by atoms with Crippen LogP contribution in [0.25, 0.3) is 0 Å². The Morgan fingerprint density at radius 3 is 1.90 bits per heavy atom. The van der Waals surface area contributed by atoms with Crippen molar-refractivity contribution in [3.63, 3.8) is 0 Å². The number of benzene rings is 1. The standard InChI is InChI=1S/C7H6Br2O/c8-7(9,10)6-4-2-1-3-5-6/h1-5,10H. The highest BCUT2D eigenvalue weighted by Crippen LogP contribution is 2.33. The highest BCUT2D eigenvalue weighted by molar-refractivity contribution is 9.24. The van der Waals surface area contributed by atoms with Gasteiger partial charge in [0.25, 0.3) is 0 Å². The van der Waals surface area contributed by atoms with E-state index in [9.17, 15) is 5.11 Å². The minimum absolute atomic E-state index is 0.787. The van der Waals surface area contributed by atoms with E-state index in [2.05, 4.69) is 31.9 Å². The van der Waals surface area contributed by atoms with Crippen LogP contribution in [-0.4, -0.2) is 5.11 Å². The van der Waals surface area contributed by atoms with Crippen molar-refractivity contribution in [1.29, 1.82) is 0 Å². The zero-order valence-corrected chi connectivity index (χ0v) is 8.26. The third-order valence-corrected chi connectivity index (χ3v) is 2.04. The molecule has 0 saturated heterocycles. The van der Waals surface area contributed by atoms with E-state index in [0.29, 0.717) is 0 Å². The zero-order valence-electron chi connectivity index (χ0n) is 5.09. The van der Waals surface area contributed by atoms with Gasteiger partial charge in [-0.15, -0.1) is 0 Å². The van der Waals surface area contributed by atoms with Crippen molar-refractivity contribution in [2.45, 2.75) is 3.42 Å². The van der Waals surface area contributed by atoms with Crippen molar-refractivity contribution in [2.24, 2.45) is 0 Å². The molecule has 1 aromatic carbocycles. The molecule has 1 rings (SSSR count). The van der Waals surface area contributed by atoms with Gasteiger partial charge in [0, 0.05) is 5.56 Å². The molecular formula is C7H6Br2O. The number of alkyl halides is 2. The number of aliphatic hydroxyl groups is 1. The molecule has 0 aromatic heterocycles. The fraction of sp³-hybridized carbons (Fsp3) is 0.143. The lowest BCUT2D eigenvalue weighted by Gasteiger charge is -2.11. The number of hydrogen-bond donors (Lipinski definition) is 1. The highest BCUT2D eigenvalue weighted by Gasteiger charge is 2.19. The molecule has 0 aliphatic heterocycles. The molecule has 0 unspecified atom stereocenters. The maximum absolute atomic E-state index is 9.32. The van der Waals surface area contributed by atoms with Crippen LogP contribution in [0.15, 0.2) is 30.3 Å². The maximum Gasteiger partial charge on any atom is 0.201 e. The summed E-state index contributed by atoms with van der Waals surface area (Å²) in [7, 11) is 0. The molecule has 0 spiro atoms. The third kappa shape index (κ3) is 2.08. The molecule has 0 atom stereocenters. The van der Waals surface area contributed by atoms with E-state index in [-0.39, 0.29) is 0 Å². The van der Waals surface area contributed by atoms with Gasteiger partial charge in [-0.2, -0.15) is 0 Å². The van der Waals surface area contributed by atoms with Crippen LogP contribution in [0.4, 0.5) is 0 Å². The van der Waals surface area contributed by atoms with Gasteiger partial charge in [-0.25, -0.2) is 0 Å². The summed E-state index contributed by atoms with van der Waals surface area (Å²) in [5.41, 5.74) is 0.787. The van der Waals surface area contributed by atoms with Crippen molar-refractivity contribution in [3.8, 4) is 0 Å². The summed E-state index contributed by atoms with van der Waals surface area (Å²) in [6.45, 7) is 0. The van der Waals surface area contributed by atoms with Crippen LogP contribution in [0.1, 0.15) is 5.56 Å². The molecular weight excluding hydrogens is 260 g/mol. The van der Waals surface area contributed by atoms with E-state index in [1.54, 1.807) is 0 Å². The average molecular weight is 266 g/mol. The van der Waals surface area contributed by atoms with Crippen LogP contribution < -0.4 is 0 Å². The van der Waals surface area contributed by atoms with Gasteiger partial charge in [-0.1, -0.05) is 30.3 Å². The summed E-state index contributed by atoms with van der Waals surface area (Å²) in [5, 5.41) is 9.32. The largest absolute Gasteiger partial charge is 0.366 e. The molecule has 54 valence electrons. The summed E-state index contributed by atoms with van der Waals surface area (Å²) in [5.74, 6) is 0. The van der Waals surface area contributed by atoms with Gasteiger partial charge in [-0.05, 0) is 31.9 Å². The maximum atomic E-state index is 9.32. The first-order valence-corrected chi connectivity index (χ1v) is 4.35. The van der Waals surface area contributed by atoms with Crippen LogP contribution in [0.2, 0.25) is 0 Å². The van der Waals surface area contributed by atoms with E-state index in [1.807, 2.05) is 30.3 Å². The lowest BCUT2D eigenvalue weighted by Crippen LogP contribution is -2.05. The average Bonchev–Trinajstić information content (AvgIpc) is 1.88. The fourth-order valence-electron chi connectivity index (χ4n) is 0.639. The second kappa shape index (κ2) is 3.03. The second-order valence-corrected chi connectivity index (χ2v) is 5.27. The summed E-state index contributed by atoms with van der Waals surface area (Å²) in [4.78, 5) is 0. The Kier molecular flexibility index (Phi) is 2.50. The minimum Gasteiger partial charge on any atom is -0.366 e. The predicted molar refractivity (Wildman–Crippen MR) is 48.2 cm³/mol. The first-order valence-electron chi connectivity index (χ1n) is 2.76. The molecule has 0 radical (unpaired) electrons. The Bertz CT molecular complexity index is 203. The Morgan fingerprint density at radius 2 is 1.60 bits per heavy atom. The van der Waals surface area contributed by atoms with Crippen LogP contribution >= 0.6 is 31.9 Å². The van der Waals surface area contributed by atoms with Crippen LogP contribution in [0.3, 0.4) is 0 Å². The lowest BCUT2D eigenvalue weighted by molar-refractivity contribution is 0.249. The van der Waals surface area contributed by atoms with E-state index in [0.717, 1.165) is 5.56 Å². The SMILES string of the molecule is OC(Br)(Br)c1ccccc1. The Morgan fingerprint density at radius 1 is 1.10 bits per heavy atom. The van der Waals surface area contributed by atoms with Gasteiger partial charge >= 0.3 is 0 Å². The third-order valence-electron chi connectivity index (χ3n) is 1.12. The molecule has 1 nitrogen and oxygen atoms in total. The second-order valence-electron chi connectivity index (χ2n) is 1.91. The minimum atomic E-state index is -1.08. The van der Waals surface area contributed by atoms with Crippen molar-refractivity contribution in [3.05, 3.63) is 35.9 Å². The monoisotopic (exact) mass is 264 g/mol. The van der Waals surface area contributed by atoms with Gasteiger partial charge in [0.05, 0.1) is 0 Å². The van der Waals surface area contributed by atoms with Crippen molar-refractivity contribution >= 4 is 31.9 Å². The molecule has 0 saturated carbocycles. The molecule has 0 fully saturated rings. The quantitative estimate of drug-likeness (QED) is 0.774. The van der Waals surface area contributed by atoms with Gasteiger partial charge in [0.1, 0.15) is 0 Å². The van der Waals surface area contributed by atoms with Crippen molar-refractivity contribution in [2.75, 3.05) is 0 Å². The number of halogens is 2. The van der Waals surface area contributed by atoms with Gasteiger partial charge < -0.3 is 5.11 Å². The van der Waals surface area contributed by atoms with Crippen LogP contribution in [0.5, 0.6) is 0 Å². The summed E-state index contributed by atoms with van der Waals surface area (Å²) in [6, 6.07) is 9.27. The summed E-state index contributed by atoms with van der Waals surface area (Å²) < 4.78 is -1.08. The fourth-order valence-corrected chi connectivity index (χ4v) is 1.17. The van der Waals surface area contributed by atoms with E-state index in [1.165, 1.54) is 0 Å². The normalized spacial score (nSPS) is 11.5. The Labute approximate surface area is 76.3 Å². The number of hydrogen-bond acceptors (Lipinski definition) is 1. The van der Waals surface area contributed by atoms with E-state index >= 15 is 0 Å². The Hall–Kier alpha value is 0.140. The molecule has 0 bridgehead atoms. The van der Waals surface area contributed by atoms with Gasteiger partial charge in [0.15, 0.2) is 0 Å². The van der Waals surface area contributed by atoms with Gasteiger partial charge in [-0.3, -0.25) is 0 Å².